The van der Waals surface area contributed by atoms with Gasteiger partial charge in [0, 0.05) is 38.1 Å². The van der Waals surface area contributed by atoms with Gasteiger partial charge in [0.1, 0.15) is 0 Å². The number of nitrogens with zero attached hydrogens (tertiary/aromatic N) is 6. The van der Waals surface area contributed by atoms with Gasteiger partial charge >= 0.3 is 0 Å². The van der Waals surface area contributed by atoms with Crippen molar-refractivity contribution in [1.29, 1.82) is 0 Å². The van der Waals surface area contributed by atoms with E-state index in [2.05, 4.69) is 35.4 Å². The molecule has 1 unspecified atom stereocenters. The zero-order chi connectivity index (χ0) is 13.5. The minimum Gasteiger partial charge on any atom is -0.308 e. The van der Waals surface area contributed by atoms with E-state index < -0.39 is 0 Å². The fourth-order valence-corrected chi connectivity index (χ4v) is 2.60. The monoisotopic (exact) mass is 270 g/mol. The molecule has 0 radical (unpaired) electrons. The highest BCUT2D eigenvalue weighted by Gasteiger charge is 2.27. The predicted molar refractivity (Wildman–Crippen MR) is 70.7 cm³/mol. The summed E-state index contributed by atoms with van der Waals surface area (Å²) in [5, 5.41) is 23.1. The van der Waals surface area contributed by atoms with Crippen LogP contribution in [0.3, 0.4) is 0 Å². The third-order valence-electron chi connectivity index (χ3n) is 3.54. The fourth-order valence-electron chi connectivity index (χ4n) is 2.60. The second-order valence-corrected chi connectivity index (χ2v) is 4.85. The molecule has 102 valence electrons. The van der Waals surface area contributed by atoms with Gasteiger partial charge in [-0.25, -0.2) is 0 Å². The average molecular weight is 270 g/mol. The van der Waals surface area contributed by atoms with E-state index in [0.717, 1.165) is 35.9 Å². The maximum atomic E-state index is 4.35. The Hall–Kier alpha value is -2.48. The molecule has 2 N–H and O–H groups in total. The Morgan fingerprint density at radius 3 is 3.00 bits per heavy atom. The minimum absolute atomic E-state index is 0.0330. The fraction of sp³-hybridized carbons (Fsp3) is 0.333. The molecule has 8 heteroatoms. The van der Waals surface area contributed by atoms with Crippen LogP contribution < -0.4 is 5.32 Å². The van der Waals surface area contributed by atoms with E-state index in [1.807, 2.05) is 25.6 Å². The third kappa shape index (κ3) is 1.65. The molecule has 0 saturated carbocycles. The molecular formula is C12H14N8. The summed E-state index contributed by atoms with van der Waals surface area (Å²) in [5.41, 5.74) is 2.05. The normalized spacial score (nSPS) is 18.1. The molecule has 0 spiro atoms. The van der Waals surface area contributed by atoms with Crippen molar-refractivity contribution in [3.05, 3.63) is 36.2 Å². The first-order chi connectivity index (χ1) is 9.83. The van der Waals surface area contributed by atoms with Crippen molar-refractivity contribution in [3.63, 3.8) is 0 Å². The predicted octanol–water partition coefficient (Wildman–Crippen LogP) is 0.0943. The summed E-state index contributed by atoms with van der Waals surface area (Å²) >= 11 is 0. The van der Waals surface area contributed by atoms with Crippen molar-refractivity contribution >= 4 is 0 Å². The number of aromatic amines is 1. The first-order valence-electron chi connectivity index (χ1n) is 6.47. The van der Waals surface area contributed by atoms with Gasteiger partial charge in [-0.15, -0.1) is 10.2 Å². The first kappa shape index (κ1) is 11.4. The Balaban J connectivity index is 1.79. The third-order valence-corrected chi connectivity index (χ3v) is 3.54. The quantitative estimate of drug-likeness (QED) is 0.689. The number of hydrogen-bond acceptors (Lipinski definition) is 5. The van der Waals surface area contributed by atoms with Crippen LogP contribution in [0.15, 0.2) is 24.8 Å². The highest BCUT2D eigenvalue weighted by molar-refractivity contribution is 5.53. The first-order valence-corrected chi connectivity index (χ1v) is 6.47. The van der Waals surface area contributed by atoms with Crippen LogP contribution in [-0.4, -0.2) is 41.3 Å². The highest BCUT2D eigenvalue weighted by Crippen LogP contribution is 2.26. The lowest BCUT2D eigenvalue weighted by Crippen LogP contribution is -2.34. The summed E-state index contributed by atoms with van der Waals surface area (Å²) in [6, 6.07) is 0.0330. The number of H-pyrrole nitrogens is 1. The maximum absolute atomic E-state index is 4.35. The van der Waals surface area contributed by atoms with Crippen molar-refractivity contribution in [3.8, 4) is 11.4 Å². The van der Waals surface area contributed by atoms with Crippen LogP contribution in [0.5, 0.6) is 0 Å². The van der Waals surface area contributed by atoms with Crippen LogP contribution >= 0.6 is 0 Å². The van der Waals surface area contributed by atoms with Crippen molar-refractivity contribution in [2.24, 2.45) is 7.05 Å². The minimum atomic E-state index is 0.0330. The summed E-state index contributed by atoms with van der Waals surface area (Å²) < 4.78 is 3.93. The Labute approximate surface area is 114 Å². The highest BCUT2D eigenvalue weighted by atomic mass is 15.3. The summed E-state index contributed by atoms with van der Waals surface area (Å²) in [4.78, 5) is 0. The van der Waals surface area contributed by atoms with Gasteiger partial charge in [0.2, 0.25) is 0 Å². The van der Waals surface area contributed by atoms with Gasteiger partial charge in [-0.1, -0.05) is 0 Å². The van der Waals surface area contributed by atoms with Crippen molar-refractivity contribution in [2.75, 3.05) is 6.54 Å². The lowest BCUT2D eigenvalue weighted by molar-refractivity contribution is 0.458. The number of rotatable bonds is 2. The number of nitrogens with one attached hydrogen (secondary N) is 2. The van der Waals surface area contributed by atoms with Crippen LogP contribution in [0.4, 0.5) is 0 Å². The molecule has 4 heterocycles. The van der Waals surface area contributed by atoms with Gasteiger partial charge < -0.3 is 9.88 Å². The van der Waals surface area contributed by atoms with Gasteiger partial charge in [-0.2, -0.15) is 10.2 Å². The molecule has 0 aliphatic carbocycles. The summed E-state index contributed by atoms with van der Waals surface area (Å²) in [5.74, 6) is 1.77. The zero-order valence-corrected chi connectivity index (χ0v) is 11.0. The van der Waals surface area contributed by atoms with E-state index in [4.69, 9.17) is 0 Å². The Bertz CT molecular complexity index is 723. The summed E-state index contributed by atoms with van der Waals surface area (Å²) in [6.07, 6.45) is 7.45. The van der Waals surface area contributed by atoms with E-state index in [1.54, 1.807) is 10.9 Å². The van der Waals surface area contributed by atoms with Crippen molar-refractivity contribution in [2.45, 2.75) is 12.6 Å². The van der Waals surface area contributed by atoms with Gasteiger partial charge in [-0.3, -0.25) is 9.78 Å². The second-order valence-electron chi connectivity index (χ2n) is 4.85. The van der Waals surface area contributed by atoms with Gasteiger partial charge in [0.15, 0.2) is 11.6 Å². The summed E-state index contributed by atoms with van der Waals surface area (Å²) in [6.45, 7) is 1.72. The van der Waals surface area contributed by atoms with E-state index in [-0.39, 0.29) is 6.04 Å². The van der Waals surface area contributed by atoms with Crippen molar-refractivity contribution < 1.29 is 0 Å². The lowest BCUT2D eigenvalue weighted by Gasteiger charge is -2.24. The molecule has 1 aliphatic heterocycles. The molecule has 1 aliphatic rings. The number of hydrogen-bond donors (Lipinski definition) is 2. The molecule has 1 atom stereocenters. The van der Waals surface area contributed by atoms with Crippen LogP contribution in [0.25, 0.3) is 11.4 Å². The van der Waals surface area contributed by atoms with Crippen LogP contribution in [0, 0.1) is 0 Å². The molecule has 0 fully saturated rings. The maximum Gasteiger partial charge on any atom is 0.167 e. The average Bonchev–Trinajstić information content (AvgIpc) is 3.17. The molecule has 3 aromatic heterocycles. The van der Waals surface area contributed by atoms with Gasteiger partial charge in [0.05, 0.1) is 24.0 Å². The molecule has 0 bridgehead atoms. The molecule has 8 nitrogen and oxygen atoms in total. The molecule has 4 rings (SSSR count). The SMILES string of the molecule is Cn1cc(C2NCCn3c(-c4cn[nH]c4)nnc32)cn1. The number of aryl methyl sites for hydroxylation is 1. The lowest BCUT2D eigenvalue weighted by atomic mass is 10.1. The Morgan fingerprint density at radius 1 is 1.30 bits per heavy atom. The molecule has 0 aromatic carbocycles. The van der Waals surface area contributed by atoms with Crippen LogP contribution in [0.1, 0.15) is 17.4 Å². The molecule has 0 saturated heterocycles. The van der Waals surface area contributed by atoms with E-state index >= 15 is 0 Å². The molecule has 20 heavy (non-hydrogen) atoms. The van der Waals surface area contributed by atoms with Crippen LogP contribution in [0.2, 0.25) is 0 Å². The standard InChI is InChI=1S/C12H14N8/c1-19-7-9(6-16-19)10-12-18-17-11(8-4-14-15-5-8)20(12)3-2-13-10/h4-7,10,13H,2-3H2,1H3,(H,14,15). The van der Waals surface area contributed by atoms with E-state index in [0.29, 0.717) is 0 Å². The topological polar surface area (TPSA) is 89.2 Å². The van der Waals surface area contributed by atoms with Crippen LogP contribution in [-0.2, 0) is 13.6 Å². The molecular weight excluding hydrogens is 256 g/mol. The molecule has 0 amide bonds. The van der Waals surface area contributed by atoms with Crippen molar-refractivity contribution in [1.82, 2.24) is 40.1 Å². The van der Waals surface area contributed by atoms with E-state index in [9.17, 15) is 0 Å². The number of fused-ring (bicyclic) bond motifs is 1. The summed E-state index contributed by atoms with van der Waals surface area (Å²) in [7, 11) is 1.91. The van der Waals surface area contributed by atoms with E-state index in [1.165, 1.54) is 0 Å². The smallest absolute Gasteiger partial charge is 0.167 e. The zero-order valence-electron chi connectivity index (χ0n) is 11.0. The second kappa shape index (κ2) is 4.27. The van der Waals surface area contributed by atoms with Gasteiger partial charge in [-0.05, 0) is 0 Å². The Morgan fingerprint density at radius 2 is 2.25 bits per heavy atom. The molecule has 3 aromatic rings. The largest absolute Gasteiger partial charge is 0.308 e. The number of aromatic nitrogens is 7. The Kier molecular flexibility index (Phi) is 2.43. The van der Waals surface area contributed by atoms with Gasteiger partial charge in [0.25, 0.3) is 0 Å².